The Hall–Kier alpha value is -3.44. The van der Waals surface area contributed by atoms with Crippen LogP contribution in [0.25, 0.3) is 22.0 Å². The van der Waals surface area contributed by atoms with Crippen molar-refractivity contribution >= 4 is 10.8 Å². The number of benzene rings is 3. The van der Waals surface area contributed by atoms with E-state index in [1.165, 1.54) is 4.68 Å². The lowest BCUT2D eigenvalue weighted by Crippen LogP contribution is -2.32. The highest BCUT2D eigenvalue weighted by atomic mass is 16.5. The molecule has 0 radical (unpaired) electrons. The largest absolute Gasteiger partial charge is 0.491 e. The van der Waals surface area contributed by atoms with Crippen molar-refractivity contribution in [3.63, 3.8) is 0 Å². The molecule has 0 spiro atoms. The monoisotopic (exact) mass is 428 g/mol. The Labute approximate surface area is 187 Å². The number of rotatable bonds is 6. The molecule has 1 aromatic heterocycles. The smallest absolute Gasteiger partial charge is 0.274 e. The first-order valence-electron chi connectivity index (χ1n) is 10.8. The lowest BCUT2D eigenvalue weighted by Gasteiger charge is -2.17. The first-order chi connectivity index (χ1) is 15.3. The van der Waals surface area contributed by atoms with Gasteiger partial charge in [0.1, 0.15) is 18.5 Å². The summed E-state index contributed by atoms with van der Waals surface area (Å²) < 4.78 is 7.17. The number of aliphatic hydroxyl groups is 1. The SMILES string of the molecule is Cc1ccc(OCC(O)Cn2nc(-c3cc(C)ccc3C)c3ccccc3c2=O)c(C)c1. The van der Waals surface area contributed by atoms with Crippen molar-refractivity contribution in [1.29, 1.82) is 0 Å². The van der Waals surface area contributed by atoms with Crippen LogP contribution in [0.15, 0.2) is 65.5 Å². The molecule has 32 heavy (non-hydrogen) atoms. The van der Waals surface area contributed by atoms with E-state index in [1.54, 1.807) is 0 Å². The second-order valence-electron chi connectivity index (χ2n) is 8.43. The van der Waals surface area contributed by atoms with Crippen LogP contribution in [-0.2, 0) is 6.54 Å². The molecular formula is C27H28N2O3. The summed E-state index contributed by atoms with van der Waals surface area (Å²) >= 11 is 0. The number of hydrogen-bond acceptors (Lipinski definition) is 4. The van der Waals surface area contributed by atoms with Gasteiger partial charge in [0.25, 0.3) is 5.56 Å². The molecule has 0 aliphatic carbocycles. The maximum Gasteiger partial charge on any atom is 0.274 e. The van der Waals surface area contributed by atoms with Crippen LogP contribution in [0.4, 0.5) is 0 Å². The van der Waals surface area contributed by atoms with Gasteiger partial charge in [0.05, 0.1) is 17.6 Å². The maximum atomic E-state index is 13.1. The summed E-state index contributed by atoms with van der Waals surface area (Å²) in [5, 5.41) is 16.7. The van der Waals surface area contributed by atoms with E-state index in [9.17, 15) is 9.90 Å². The molecule has 0 amide bonds. The van der Waals surface area contributed by atoms with E-state index < -0.39 is 6.10 Å². The lowest BCUT2D eigenvalue weighted by atomic mass is 9.99. The van der Waals surface area contributed by atoms with Crippen molar-refractivity contribution in [3.8, 4) is 17.0 Å². The molecule has 4 aromatic rings. The number of aliphatic hydroxyl groups excluding tert-OH is 1. The van der Waals surface area contributed by atoms with Crippen molar-refractivity contribution in [1.82, 2.24) is 9.78 Å². The first kappa shape index (κ1) is 21.8. The molecular weight excluding hydrogens is 400 g/mol. The zero-order valence-electron chi connectivity index (χ0n) is 18.9. The van der Waals surface area contributed by atoms with Crippen LogP contribution in [0, 0.1) is 27.7 Å². The Morgan fingerprint density at radius 2 is 1.59 bits per heavy atom. The summed E-state index contributed by atoms with van der Waals surface area (Å²) in [6, 6.07) is 19.6. The zero-order chi connectivity index (χ0) is 22.8. The van der Waals surface area contributed by atoms with Crippen LogP contribution in [0.3, 0.4) is 0 Å². The first-order valence-corrected chi connectivity index (χ1v) is 10.8. The minimum absolute atomic E-state index is 0.0481. The van der Waals surface area contributed by atoms with Crippen molar-refractivity contribution in [2.24, 2.45) is 0 Å². The Kier molecular flexibility index (Phi) is 6.10. The van der Waals surface area contributed by atoms with Crippen LogP contribution in [0.1, 0.15) is 22.3 Å². The lowest BCUT2D eigenvalue weighted by molar-refractivity contribution is 0.0879. The molecule has 3 aromatic carbocycles. The molecule has 1 atom stereocenters. The fraction of sp³-hybridized carbons (Fsp3) is 0.259. The number of ether oxygens (including phenoxy) is 1. The Morgan fingerprint density at radius 3 is 2.34 bits per heavy atom. The molecule has 1 N–H and O–H groups in total. The summed E-state index contributed by atoms with van der Waals surface area (Å²) in [5.41, 5.74) is 5.87. The summed E-state index contributed by atoms with van der Waals surface area (Å²) in [6.45, 7) is 8.19. The average molecular weight is 429 g/mol. The second kappa shape index (κ2) is 8.97. The van der Waals surface area contributed by atoms with Crippen molar-refractivity contribution in [2.75, 3.05) is 6.61 Å². The number of fused-ring (bicyclic) bond motifs is 1. The van der Waals surface area contributed by atoms with Gasteiger partial charge in [-0.2, -0.15) is 5.10 Å². The Balaban J connectivity index is 1.67. The van der Waals surface area contributed by atoms with E-state index in [0.717, 1.165) is 44.6 Å². The summed E-state index contributed by atoms with van der Waals surface area (Å²) in [7, 11) is 0. The van der Waals surface area contributed by atoms with Crippen LogP contribution in [0.5, 0.6) is 5.75 Å². The second-order valence-corrected chi connectivity index (χ2v) is 8.43. The van der Waals surface area contributed by atoms with Gasteiger partial charge >= 0.3 is 0 Å². The Morgan fingerprint density at radius 1 is 0.906 bits per heavy atom. The molecule has 5 heteroatoms. The topological polar surface area (TPSA) is 64.3 Å². The van der Waals surface area contributed by atoms with Crippen LogP contribution in [-0.4, -0.2) is 27.6 Å². The highest BCUT2D eigenvalue weighted by molar-refractivity contribution is 5.94. The number of aromatic nitrogens is 2. The molecule has 0 bridgehead atoms. The van der Waals surface area contributed by atoms with Crippen molar-refractivity contribution in [3.05, 3.63) is 93.3 Å². The molecule has 0 saturated carbocycles. The Bertz CT molecular complexity index is 1340. The highest BCUT2D eigenvalue weighted by Crippen LogP contribution is 2.28. The van der Waals surface area contributed by atoms with Gasteiger partial charge in [-0.1, -0.05) is 53.6 Å². The van der Waals surface area contributed by atoms with Crippen LogP contribution >= 0.6 is 0 Å². The minimum Gasteiger partial charge on any atom is -0.491 e. The quantitative estimate of drug-likeness (QED) is 0.482. The summed E-state index contributed by atoms with van der Waals surface area (Å²) in [4.78, 5) is 13.1. The molecule has 1 heterocycles. The number of nitrogens with zero attached hydrogens (tertiary/aromatic N) is 2. The standard InChI is InChI=1S/C27H28N2O3/c1-17-10-12-25(20(4)13-17)32-16-21(30)15-29-27(31)23-8-6-5-7-22(23)26(28-29)24-14-18(2)9-11-19(24)3/h5-14,21,30H,15-16H2,1-4H3. The third-order valence-corrected chi connectivity index (χ3v) is 5.66. The molecule has 164 valence electrons. The summed E-state index contributed by atoms with van der Waals surface area (Å²) in [6.07, 6.45) is -0.881. The van der Waals surface area contributed by atoms with Crippen LogP contribution in [0.2, 0.25) is 0 Å². The zero-order valence-corrected chi connectivity index (χ0v) is 18.9. The van der Waals surface area contributed by atoms with E-state index >= 15 is 0 Å². The molecule has 5 nitrogen and oxygen atoms in total. The third kappa shape index (κ3) is 4.43. The van der Waals surface area contributed by atoms with Gasteiger partial charge in [-0.15, -0.1) is 0 Å². The van der Waals surface area contributed by atoms with Gasteiger partial charge in [-0.05, 0) is 57.0 Å². The van der Waals surface area contributed by atoms with Gasteiger partial charge in [0, 0.05) is 10.9 Å². The molecule has 0 aliphatic heterocycles. The van der Waals surface area contributed by atoms with Gasteiger partial charge < -0.3 is 9.84 Å². The van der Waals surface area contributed by atoms with E-state index in [1.807, 2.05) is 70.2 Å². The molecule has 0 aliphatic rings. The van der Waals surface area contributed by atoms with Gasteiger partial charge in [0.15, 0.2) is 0 Å². The highest BCUT2D eigenvalue weighted by Gasteiger charge is 2.16. The van der Waals surface area contributed by atoms with Gasteiger partial charge in [-0.25, -0.2) is 4.68 Å². The molecule has 0 fully saturated rings. The molecule has 1 unspecified atom stereocenters. The predicted molar refractivity (Wildman–Crippen MR) is 128 cm³/mol. The van der Waals surface area contributed by atoms with E-state index in [2.05, 4.69) is 23.3 Å². The van der Waals surface area contributed by atoms with Crippen LogP contribution < -0.4 is 10.3 Å². The minimum atomic E-state index is -0.881. The number of hydrogen-bond donors (Lipinski definition) is 1. The van der Waals surface area contributed by atoms with E-state index in [0.29, 0.717) is 5.39 Å². The third-order valence-electron chi connectivity index (χ3n) is 5.66. The average Bonchev–Trinajstić information content (AvgIpc) is 2.77. The van der Waals surface area contributed by atoms with Crippen molar-refractivity contribution in [2.45, 2.75) is 40.3 Å². The van der Waals surface area contributed by atoms with E-state index in [-0.39, 0.29) is 18.7 Å². The molecule has 4 rings (SSSR count). The predicted octanol–water partition coefficient (Wildman–Crippen LogP) is 4.74. The summed E-state index contributed by atoms with van der Waals surface area (Å²) in [5.74, 6) is 0.726. The maximum absolute atomic E-state index is 13.1. The number of aryl methyl sites for hydroxylation is 4. The van der Waals surface area contributed by atoms with Crippen molar-refractivity contribution < 1.29 is 9.84 Å². The van der Waals surface area contributed by atoms with Gasteiger partial charge in [-0.3, -0.25) is 4.79 Å². The molecule has 0 saturated heterocycles. The fourth-order valence-corrected chi connectivity index (χ4v) is 3.95. The fourth-order valence-electron chi connectivity index (χ4n) is 3.95. The van der Waals surface area contributed by atoms with E-state index in [4.69, 9.17) is 4.74 Å². The van der Waals surface area contributed by atoms with Gasteiger partial charge in [0.2, 0.25) is 0 Å². The normalized spacial score (nSPS) is 12.2.